The molecule has 6 heterocycles. The molecule has 0 radical (unpaired) electrons. The maximum Gasteiger partial charge on any atom is 0.481 e. The fraction of sp³-hybridized carbons (Fsp3) is 0.731. The number of anilines is 2. The Bertz CT molecular complexity index is 3920. The van der Waals surface area contributed by atoms with Gasteiger partial charge in [-0.25, -0.2) is 57.3 Å². The van der Waals surface area contributed by atoms with Crippen LogP contribution >= 0.6 is 70.5 Å². The van der Waals surface area contributed by atoms with E-state index in [9.17, 15) is 116 Å². The lowest BCUT2D eigenvalue weighted by Crippen LogP contribution is -2.46. The zero-order valence-corrected chi connectivity index (χ0v) is 65.6. The van der Waals surface area contributed by atoms with Gasteiger partial charge in [-0.3, -0.25) is 55.5 Å². The van der Waals surface area contributed by atoms with Gasteiger partial charge in [-0.2, -0.15) is 20.4 Å². The van der Waals surface area contributed by atoms with E-state index < -0.39 is 169 Å². The Morgan fingerprint density at radius 1 is 0.565 bits per heavy atom. The van der Waals surface area contributed by atoms with E-state index in [-0.39, 0.29) is 71.9 Å². The van der Waals surface area contributed by atoms with E-state index in [1.165, 1.54) is 39.5 Å². The topological polar surface area (TPSA) is 734 Å². The molecule has 6 unspecified atom stereocenters. The Hall–Kier alpha value is -4.30. The molecule has 2 aliphatic rings. The molecule has 22 N–H and O–H groups in total. The van der Waals surface area contributed by atoms with E-state index in [0.717, 1.165) is 53.0 Å². The monoisotopic (exact) mass is 1710 g/mol. The van der Waals surface area contributed by atoms with Crippen molar-refractivity contribution in [2.45, 2.75) is 159 Å². The van der Waals surface area contributed by atoms with Gasteiger partial charge in [0.05, 0.1) is 50.6 Å². The molecule has 2 fully saturated rings. The summed E-state index contributed by atoms with van der Waals surface area (Å²) in [5.74, 6) is -0.879. The Labute approximate surface area is 624 Å². The van der Waals surface area contributed by atoms with Crippen molar-refractivity contribution < 1.29 is 162 Å². The zero-order valence-electron chi connectivity index (χ0n) is 58.6. The van der Waals surface area contributed by atoms with Gasteiger partial charge < -0.3 is 112 Å². The number of ether oxygens (including phenoxy) is 2. The predicted molar refractivity (Wildman–Crippen MR) is 375 cm³/mol. The average Bonchev–Trinajstić information content (AvgIpc) is 1.62. The summed E-state index contributed by atoms with van der Waals surface area (Å²) < 4.78 is 124. The maximum absolute atomic E-state index is 12.7. The number of nitrogen functional groups attached to an aromatic ring is 2. The average molecular weight is 1710 g/mol. The summed E-state index contributed by atoms with van der Waals surface area (Å²) in [4.78, 5) is 151. The van der Waals surface area contributed by atoms with Gasteiger partial charge in [0.25, 0.3) is 0 Å². The van der Waals surface area contributed by atoms with Crippen molar-refractivity contribution in [3.8, 4) is 0 Å². The molecule has 56 heteroatoms. The van der Waals surface area contributed by atoms with Crippen LogP contribution in [-0.4, -0.2) is 263 Å². The number of imidazole rings is 2. The SMILES string of the molecule is CCC(O)CCSCCNC(=O)CCNC(=O)[C@H](O)C(C)(C)COP(=O)(O)OP(=O)(O)OC[C@H]1O[C@@H](n2cnc3c(N)ncnc32)[C@H](O)[C@@H]1OP(=O)(O)O.CCCCC(O)SCCNC(=O)CCNC(=O)[C@H](O)C(C)(C)COP(=O)(O)OP(=O)(O)OC[C@H]1O[C@@H](n2cnc3c(N)ncnc32)[C@H](O)[C@@H]1OP(=O)(O)O. The van der Waals surface area contributed by atoms with E-state index in [1.807, 2.05) is 13.8 Å². The minimum absolute atomic E-state index is 0.0340. The number of thioether (sulfide) groups is 2. The van der Waals surface area contributed by atoms with Gasteiger partial charge in [0.1, 0.15) is 72.5 Å². The van der Waals surface area contributed by atoms with E-state index >= 15 is 0 Å². The molecule has 2 aliphatic heterocycles. The van der Waals surface area contributed by atoms with Crippen LogP contribution in [-0.2, 0) is 91.8 Å². The lowest BCUT2D eigenvalue weighted by molar-refractivity contribution is -0.137. The highest BCUT2D eigenvalue weighted by molar-refractivity contribution is 7.99. The summed E-state index contributed by atoms with van der Waals surface area (Å²) in [6.07, 6.45) is -10.2. The van der Waals surface area contributed by atoms with Crippen LogP contribution in [0.2, 0.25) is 0 Å². The fourth-order valence-corrected chi connectivity index (χ4v) is 16.9. The predicted octanol–water partition coefficient (Wildman–Crippen LogP) is -1.05. The van der Waals surface area contributed by atoms with Gasteiger partial charge in [-0.05, 0) is 25.0 Å². The zero-order chi connectivity index (χ0) is 81.0. The first-order chi connectivity index (χ1) is 50.1. The number of carbonyl (C=O) groups is 4. The van der Waals surface area contributed by atoms with Gasteiger partial charge in [0.2, 0.25) is 23.6 Å². The van der Waals surface area contributed by atoms with Gasteiger partial charge in [0.15, 0.2) is 35.4 Å². The summed E-state index contributed by atoms with van der Waals surface area (Å²) in [5, 5.41) is 72.2. The maximum atomic E-state index is 12.7. The second-order valence-electron chi connectivity index (χ2n) is 25.1. The number of aliphatic hydroxyl groups excluding tert-OH is 6. The molecule has 4 aromatic heterocycles. The summed E-state index contributed by atoms with van der Waals surface area (Å²) >= 11 is 2.87. The van der Waals surface area contributed by atoms with E-state index in [2.05, 4.69) is 68.8 Å². The molecule has 0 saturated carbocycles. The van der Waals surface area contributed by atoms with Crippen LogP contribution in [0, 0.1) is 10.8 Å². The molecule has 0 aromatic carbocycles. The van der Waals surface area contributed by atoms with Gasteiger partial charge >= 0.3 is 46.9 Å². The largest absolute Gasteiger partial charge is 0.481 e. The number of unbranched alkanes of at least 4 members (excludes halogenated alkanes) is 1. The molecule has 108 heavy (non-hydrogen) atoms. The van der Waals surface area contributed by atoms with Gasteiger partial charge in [-0.15, -0.1) is 11.8 Å². The van der Waals surface area contributed by atoms with Crippen molar-refractivity contribution in [2.75, 3.05) is 81.3 Å². The third-order valence-corrected chi connectivity index (χ3v) is 23.6. The minimum atomic E-state index is -5.56. The summed E-state index contributed by atoms with van der Waals surface area (Å²) in [5.41, 5.74) is 8.05. The molecule has 0 aliphatic carbocycles. The normalized spacial score (nSPS) is 22.7. The number of phosphoric ester groups is 6. The number of nitrogens with one attached hydrogen (secondary N) is 4. The highest BCUT2D eigenvalue weighted by atomic mass is 32.2. The number of aromatic nitrogens is 8. The fourth-order valence-electron chi connectivity index (χ4n) is 9.52. The molecule has 2 saturated heterocycles. The first-order valence-corrected chi connectivity index (χ1v) is 43.7. The third kappa shape index (κ3) is 30.6. The standard InChI is InChI=1S/2C26H46N7O17P3S/c1-4-15(34)6-9-54-10-8-28-17(35)5-7-29-24(38)21(37)26(2,3)12-47-53(44,45)50-52(42,43)46-11-16-20(49-51(39,40)41)19(36)25(48-16)33-14-32-18-22(27)30-13-31-23(18)33;1-4-5-6-17(35)54-10-9-28-16(34)7-8-29-24(38)21(37)26(2,3)12-47-53(44,45)50-52(42,43)46-11-15-20(49-51(39,40)41)19(36)25(48-15)33-14-32-18-22(27)30-13-31-23(18)33/h13-16,19-21,25,34,36-37H,4-12H2,1-3H3,(H,28,35)(H,29,38)(H,42,43)(H,44,45)(H2,27,30,31)(H2,39,40,41);13-15,17,19-21,25,35-37H,4-12H2,1-3H3,(H,28,34)(H,29,38)(H,42,43)(H,44,45)(H2,27,30,31)(H2,39,40,41)/t15?,16-,19-,20-,21+,25-;15-,17?,19-,20-,21+,25-/m11/s1. The molecule has 4 aromatic rings. The van der Waals surface area contributed by atoms with Crippen LogP contribution in [0.3, 0.4) is 0 Å². The Morgan fingerprint density at radius 3 is 1.35 bits per heavy atom. The molecule has 0 spiro atoms. The van der Waals surface area contributed by atoms with Crippen molar-refractivity contribution in [2.24, 2.45) is 10.8 Å². The number of phosphoric acid groups is 6. The first-order valence-electron chi connectivity index (χ1n) is 32.4. The van der Waals surface area contributed by atoms with Crippen molar-refractivity contribution in [1.29, 1.82) is 0 Å². The summed E-state index contributed by atoms with van der Waals surface area (Å²) in [6, 6.07) is 0. The second kappa shape index (κ2) is 41.6. The van der Waals surface area contributed by atoms with E-state index in [0.29, 0.717) is 43.9 Å². The number of nitrogens with two attached hydrogens (primary N) is 2. The van der Waals surface area contributed by atoms with Crippen LogP contribution < -0.4 is 32.7 Å². The lowest BCUT2D eigenvalue weighted by Gasteiger charge is -2.30. The van der Waals surface area contributed by atoms with E-state index in [1.54, 1.807) is 11.8 Å². The van der Waals surface area contributed by atoms with Crippen molar-refractivity contribution in [3.63, 3.8) is 0 Å². The van der Waals surface area contributed by atoms with Gasteiger partial charge in [-0.1, -0.05) is 54.4 Å². The van der Waals surface area contributed by atoms with E-state index in [4.69, 9.17) is 39.0 Å². The number of aliphatic hydroxyl groups is 6. The highest BCUT2D eigenvalue weighted by Crippen LogP contribution is 2.63. The van der Waals surface area contributed by atoms with Crippen LogP contribution in [0.5, 0.6) is 0 Å². The Balaban J connectivity index is 0.000000387. The smallest absolute Gasteiger partial charge is 0.393 e. The van der Waals surface area contributed by atoms with Crippen molar-refractivity contribution >= 4 is 128 Å². The Morgan fingerprint density at radius 2 is 0.963 bits per heavy atom. The molecule has 4 amide bonds. The number of hydrogen-bond acceptors (Lipinski definition) is 36. The van der Waals surface area contributed by atoms with Crippen LogP contribution in [0.4, 0.5) is 11.6 Å². The van der Waals surface area contributed by atoms with Crippen molar-refractivity contribution in [1.82, 2.24) is 60.3 Å². The lowest BCUT2D eigenvalue weighted by atomic mass is 9.87. The molecule has 16 atom stereocenters. The number of nitrogens with zero attached hydrogens (tertiary/aromatic N) is 8. The van der Waals surface area contributed by atoms with Gasteiger partial charge in [0, 0.05) is 61.4 Å². The Kier molecular flexibility index (Phi) is 36.4. The van der Waals surface area contributed by atoms with Crippen LogP contribution in [0.1, 0.15) is 98.9 Å². The molecule has 48 nitrogen and oxygen atoms in total. The summed E-state index contributed by atoms with van der Waals surface area (Å²) in [6.45, 7) is 5.31. The second-order valence-corrected chi connectivity index (χ2v) is 36.1. The molecule has 0 bridgehead atoms. The highest BCUT2D eigenvalue weighted by Gasteiger charge is 2.53. The third-order valence-electron chi connectivity index (χ3n) is 15.3. The number of amides is 4. The van der Waals surface area contributed by atoms with Crippen molar-refractivity contribution in [3.05, 3.63) is 25.3 Å². The number of hydrogen-bond donors (Lipinski definition) is 20. The minimum Gasteiger partial charge on any atom is -0.393 e. The molecular formula is C52H92N14O34P6S2. The molecule has 616 valence electrons. The number of carbonyl (C=O) groups excluding carboxylic acids is 4. The number of rotatable bonds is 46. The molecular weight excluding hydrogens is 1610 g/mol. The van der Waals surface area contributed by atoms with Crippen LogP contribution in [0.25, 0.3) is 22.3 Å². The van der Waals surface area contributed by atoms with Crippen LogP contribution in [0.15, 0.2) is 25.3 Å². The number of fused-ring (bicyclic) bond motifs is 2. The summed E-state index contributed by atoms with van der Waals surface area (Å²) in [7, 11) is -32.7. The quantitative estimate of drug-likeness (QED) is 0.0143. The first kappa shape index (κ1) is 94.3. The molecule has 6 rings (SSSR count).